The van der Waals surface area contributed by atoms with Gasteiger partial charge in [-0.3, -0.25) is 19.3 Å². The molecule has 208 valence electrons. The Bertz CT molecular complexity index is 1590. The highest BCUT2D eigenvalue weighted by atomic mass is 16.5. The van der Waals surface area contributed by atoms with Crippen molar-refractivity contribution in [2.45, 2.75) is 45.3 Å². The van der Waals surface area contributed by atoms with E-state index in [2.05, 4.69) is 59.6 Å². The summed E-state index contributed by atoms with van der Waals surface area (Å²) in [5, 5.41) is 2.16. The molecule has 0 saturated carbocycles. The van der Waals surface area contributed by atoms with E-state index in [-0.39, 0.29) is 23.7 Å². The fourth-order valence-corrected chi connectivity index (χ4v) is 5.71. The lowest BCUT2D eigenvalue weighted by atomic mass is 9.95. The van der Waals surface area contributed by atoms with E-state index in [9.17, 15) is 9.59 Å². The smallest absolute Gasteiger partial charge is 0.277 e. The third-order valence-electron chi connectivity index (χ3n) is 7.91. The highest BCUT2D eigenvalue weighted by molar-refractivity contribution is 5.96. The van der Waals surface area contributed by atoms with Gasteiger partial charge < -0.3 is 9.64 Å². The summed E-state index contributed by atoms with van der Waals surface area (Å²) in [4.78, 5) is 28.8. The van der Waals surface area contributed by atoms with Gasteiger partial charge in [0, 0.05) is 18.8 Å². The molecule has 1 amide bonds. The highest BCUT2D eigenvalue weighted by Crippen LogP contribution is 2.27. The van der Waals surface area contributed by atoms with Crippen molar-refractivity contribution >= 4 is 12.0 Å². The van der Waals surface area contributed by atoms with Gasteiger partial charge in [0.05, 0.1) is 6.54 Å². The molecule has 2 aliphatic rings. The average Bonchev–Trinajstić information content (AvgIpc) is 3.00. The van der Waals surface area contributed by atoms with Crippen LogP contribution < -0.4 is 15.2 Å². The van der Waals surface area contributed by atoms with Gasteiger partial charge in [0.25, 0.3) is 5.91 Å². The molecular weight excluding hydrogens is 510 g/mol. The van der Waals surface area contributed by atoms with Crippen LogP contribution >= 0.6 is 0 Å². The zero-order valence-electron chi connectivity index (χ0n) is 23.2. The number of ether oxygens (including phenoxy) is 1. The Morgan fingerprint density at radius 3 is 2.37 bits per heavy atom. The van der Waals surface area contributed by atoms with Gasteiger partial charge in [-0.1, -0.05) is 91.0 Å². The summed E-state index contributed by atoms with van der Waals surface area (Å²) < 4.78 is 7.93. The van der Waals surface area contributed by atoms with Crippen LogP contribution in [0.3, 0.4) is 0 Å². The summed E-state index contributed by atoms with van der Waals surface area (Å²) in [5.74, 6) is -0.0483. The van der Waals surface area contributed by atoms with Gasteiger partial charge in [-0.05, 0) is 59.9 Å². The summed E-state index contributed by atoms with van der Waals surface area (Å²) in [6.07, 6.45) is 10.9. The molecule has 0 N–H and O–H groups in total. The summed E-state index contributed by atoms with van der Waals surface area (Å²) in [6.45, 7) is 1.90. The molecule has 0 saturated heterocycles. The molecule has 0 fully saturated rings. The van der Waals surface area contributed by atoms with Crippen LogP contribution in [0.25, 0.3) is 6.08 Å². The van der Waals surface area contributed by atoms with E-state index in [1.807, 2.05) is 46.0 Å². The van der Waals surface area contributed by atoms with Crippen LogP contribution in [0, 0.1) is 0 Å². The predicted molar refractivity (Wildman–Crippen MR) is 162 cm³/mol. The second-order valence-electron chi connectivity index (χ2n) is 10.7. The summed E-state index contributed by atoms with van der Waals surface area (Å²) in [7, 11) is 0. The van der Waals surface area contributed by atoms with E-state index in [1.165, 1.54) is 28.3 Å². The van der Waals surface area contributed by atoms with E-state index in [0.29, 0.717) is 25.5 Å². The van der Waals surface area contributed by atoms with Crippen LogP contribution in [-0.4, -0.2) is 28.7 Å². The lowest BCUT2D eigenvalue weighted by Gasteiger charge is -2.40. The number of pyridine rings is 1. The minimum Gasteiger partial charge on any atom is -0.482 e. The maximum atomic E-state index is 13.8. The zero-order valence-corrected chi connectivity index (χ0v) is 23.2. The second kappa shape index (κ2) is 12.3. The van der Waals surface area contributed by atoms with Gasteiger partial charge in [-0.2, -0.15) is 0 Å². The number of hydrogen-bond donors (Lipinski definition) is 0. The van der Waals surface area contributed by atoms with Crippen molar-refractivity contribution in [1.29, 1.82) is 0 Å². The topological polar surface area (TPSA) is 54.8 Å². The Hall–Kier alpha value is -4.58. The number of hydrogen-bond acceptors (Lipinski definition) is 4. The molecule has 3 aromatic carbocycles. The second-order valence-corrected chi connectivity index (χ2v) is 10.7. The molecule has 6 nitrogen and oxygen atoms in total. The third-order valence-corrected chi connectivity index (χ3v) is 7.91. The van der Waals surface area contributed by atoms with Crippen LogP contribution in [0.15, 0.2) is 102 Å². The standard InChI is InChI=1S/C35H35N3O3/c39-32-21-23-38-33(34(32)41-25-28-14-7-4-8-15-28)35(40)36-22-10-2-1-9-16-29-17-11-18-30(31(29)24-37(38)26-36)20-19-27-12-5-3-6-13-27/h3-9,11-18,21,23H,1-2,10,19-20,22,24-26H2/b16-9-. The number of nitrogens with zero attached hydrogens (tertiary/aromatic N) is 3. The fourth-order valence-electron chi connectivity index (χ4n) is 5.71. The molecule has 0 spiro atoms. The molecule has 2 bridgehead atoms. The van der Waals surface area contributed by atoms with Crippen LogP contribution in [0.2, 0.25) is 0 Å². The Kier molecular flexibility index (Phi) is 7.99. The normalized spacial score (nSPS) is 15.8. The van der Waals surface area contributed by atoms with Crippen LogP contribution in [-0.2, 0) is 26.0 Å². The first-order chi connectivity index (χ1) is 20.2. The molecule has 1 aromatic heterocycles. The molecule has 6 heteroatoms. The number of carbonyl (C=O) groups is 1. The first kappa shape index (κ1) is 26.6. The van der Waals surface area contributed by atoms with Crippen molar-refractivity contribution in [1.82, 2.24) is 9.58 Å². The molecule has 2 aliphatic heterocycles. The molecule has 0 unspecified atom stereocenters. The number of rotatable bonds is 6. The zero-order chi connectivity index (χ0) is 28.0. The fraction of sp³-hybridized carbons (Fsp3) is 0.257. The highest BCUT2D eigenvalue weighted by Gasteiger charge is 2.33. The van der Waals surface area contributed by atoms with E-state index < -0.39 is 0 Å². The SMILES string of the molecule is O=C1c2c(OCc3ccccc3)c(=O)ccn2N2Cc3c(cccc3CCc3ccccc3)/C=C\CCCCN1C2. The number of fused-ring (bicyclic) bond motifs is 5. The summed E-state index contributed by atoms with van der Waals surface area (Å²) in [6, 6.07) is 28.3. The maximum Gasteiger partial charge on any atom is 0.277 e. The van der Waals surface area contributed by atoms with Crippen LogP contribution in [0.1, 0.15) is 57.6 Å². The van der Waals surface area contributed by atoms with E-state index in [1.54, 1.807) is 6.20 Å². The number of aryl methyl sites for hydroxylation is 2. The Balaban J connectivity index is 1.39. The molecule has 6 rings (SSSR count). The van der Waals surface area contributed by atoms with Gasteiger partial charge in [-0.25, -0.2) is 0 Å². The minimum absolute atomic E-state index is 0.112. The first-order valence-electron chi connectivity index (χ1n) is 14.5. The lowest BCUT2D eigenvalue weighted by molar-refractivity contribution is 0.0679. The summed E-state index contributed by atoms with van der Waals surface area (Å²) >= 11 is 0. The Labute approximate surface area is 241 Å². The molecular formula is C35H35N3O3. The number of allylic oxidation sites excluding steroid dienone is 1. The number of benzene rings is 3. The number of carbonyl (C=O) groups excluding carboxylic acids is 1. The number of aromatic nitrogens is 1. The van der Waals surface area contributed by atoms with Crippen molar-refractivity contribution in [3.63, 3.8) is 0 Å². The van der Waals surface area contributed by atoms with Gasteiger partial charge in [-0.15, -0.1) is 0 Å². The Morgan fingerprint density at radius 1 is 0.780 bits per heavy atom. The van der Waals surface area contributed by atoms with Crippen LogP contribution in [0.5, 0.6) is 5.75 Å². The molecule has 41 heavy (non-hydrogen) atoms. The largest absolute Gasteiger partial charge is 0.482 e. The average molecular weight is 546 g/mol. The quantitative estimate of drug-likeness (QED) is 0.300. The lowest BCUT2D eigenvalue weighted by Crippen LogP contribution is -2.54. The van der Waals surface area contributed by atoms with Gasteiger partial charge in [0.1, 0.15) is 13.3 Å². The molecule has 0 atom stereocenters. The Morgan fingerprint density at radius 2 is 1.56 bits per heavy atom. The number of amides is 1. The van der Waals surface area contributed by atoms with Crippen LogP contribution in [0.4, 0.5) is 0 Å². The van der Waals surface area contributed by atoms with E-state index in [4.69, 9.17) is 4.74 Å². The van der Waals surface area contributed by atoms with Gasteiger partial charge >= 0.3 is 0 Å². The summed E-state index contributed by atoms with van der Waals surface area (Å²) in [5.41, 5.74) is 6.00. The van der Waals surface area contributed by atoms with Crippen molar-refractivity contribution < 1.29 is 9.53 Å². The third kappa shape index (κ3) is 5.97. The molecule has 0 radical (unpaired) electrons. The van der Waals surface area contributed by atoms with Crippen molar-refractivity contribution in [3.8, 4) is 5.75 Å². The maximum absolute atomic E-state index is 13.8. The first-order valence-corrected chi connectivity index (χ1v) is 14.5. The van der Waals surface area contributed by atoms with Gasteiger partial charge in [0.15, 0.2) is 11.4 Å². The molecule has 3 heterocycles. The predicted octanol–water partition coefficient (Wildman–Crippen LogP) is 5.96. The van der Waals surface area contributed by atoms with Gasteiger partial charge in [0.2, 0.25) is 5.43 Å². The molecule has 0 aliphatic carbocycles. The minimum atomic E-state index is -0.282. The van der Waals surface area contributed by atoms with E-state index >= 15 is 0 Å². The molecule has 4 aromatic rings. The van der Waals surface area contributed by atoms with Crippen molar-refractivity contribution in [2.24, 2.45) is 0 Å². The van der Waals surface area contributed by atoms with Crippen molar-refractivity contribution in [2.75, 3.05) is 18.2 Å². The van der Waals surface area contributed by atoms with Crippen molar-refractivity contribution in [3.05, 3.63) is 141 Å². The monoisotopic (exact) mass is 545 g/mol. The van der Waals surface area contributed by atoms with E-state index in [0.717, 1.165) is 37.7 Å².